The quantitative estimate of drug-likeness (QED) is 0.301. The van der Waals surface area contributed by atoms with Crippen molar-refractivity contribution in [2.24, 2.45) is 0 Å². The maximum atomic E-state index is 12.8. The monoisotopic (exact) mass is 549 g/mol. The van der Waals surface area contributed by atoms with Crippen LogP contribution in [0.4, 0.5) is 11.5 Å². The number of rotatable bonds is 7. The van der Waals surface area contributed by atoms with Crippen molar-refractivity contribution in [2.45, 2.75) is 31.7 Å². The van der Waals surface area contributed by atoms with Gasteiger partial charge in [-0.1, -0.05) is 6.08 Å². The molecular weight excluding hydrogens is 518 g/mol. The molecule has 1 aromatic carbocycles. The van der Waals surface area contributed by atoms with E-state index in [2.05, 4.69) is 49.6 Å². The van der Waals surface area contributed by atoms with Crippen molar-refractivity contribution in [2.75, 3.05) is 32.0 Å². The van der Waals surface area contributed by atoms with E-state index in [1.54, 1.807) is 16.9 Å². The molecule has 11 nitrogen and oxygen atoms in total. The van der Waals surface area contributed by atoms with E-state index in [1.165, 1.54) is 12.7 Å². The predicted octanol–water partition coefficient (Wildman–Crippen LogP) is 4.19. The Morgan fingerprint density at radius 3 is 2.71 bits per heavy atom. The molecule has 2 aliphatic rings. The van der Waals surface area contributed by atoms with Crippen LogP contribution in [0, 0.1) is 6.92 Å². The molecule has 2 saturated heterocycles. The molecule has 6 heterocycles. The van der Waals surface area contributed by atoms with E-state index in [4.69, 9.17) is 4.74 Å². The van der Waals surface area contributed by atoms with Gasteiger partial charge in [0.15, 0.2) is 11.5 Å². The van der Waals surface area contributed by atoms with Gasteiger partial charge < -0.3 is 15.0 Å². The maximum absolute atomic E-state index is 12.8. The molecular formula is C30H31N9O2. The SMILES string of the molecule is Cc1cc(Nc2ncnn3ccc(C4CN(C(=O)/C=C/[C@@H]5CCCN5C)C4)c23)ccc1Oc1ccn2ncnc2c1. The Hall–Kier alpha value is -4.77. The summed E-state index contributed by atoms with van der Waals surface area (Å²) in [7, 11) is 2.11. The van der Waals surface area contributed by atoms with E-state index in [0.717, 1.165) is 52.5 Å². The number of carbonyl (C=O) groups excluding carboxylic acids is 1. The number of nitrogens with zero attached hydrogens (tertiary/aromatic N) is 8. The maximum Gasteiger partial charge on any atom is 0.246 e. The number of carbonyl (C=O) groups is 1. The number of anilines is 2. The molecule has 2 fully saturated rings. The number of hydrogen-bond donors (Lipinski definition) is 1. The van der Waals surface area contributed by atoms with Crippen LogP contribution in [0.5, 0.6) is 11.5 Å². The fourth-order valence-electron chi connectivity index (χ4n) is 5.70. The topological polar surface area (TPSA) is 105 Å². The summed E-state index contributed by atoms with van der Waals surface area (Å²) >= 11 is 0. The molecule has 1 amide bonds. The number of aryl methyl sites for hydroxylation is 1. The van der Waals surface area contributed by atoms with Gasteiger partial charge in [0.2, 0.25) is 5.91 Å². The van der Waals surface area contributed by atoms with Gasteiger partial charge in [-0.05, 0) is 74.8 Å². The molecule has 11 heteroatoms. The van der Waals surface area contributed by atoms with Crippen LogP contribution in [-0.4, -0.2) is 77.6 Å². The summed E-state index contributed by atoms with van der Waals surface area (Å²) in [5.74, 6) is 2.48. The van der Waals surface area contributed by atoms with Crippen LogP contribution in [0.3, 0.4) is 0 Å². The molecule has 1 atom stereocenters. The van der Waals surface area contributed by atoms with Crippen LogP contribution in [0.25, 0.3) is 11.2 Å². The van der Waals surface area contributed by atoms with Gasteiger partial charge in [0, 0.05) is 55.3 Å². The molecule has 208 valence electrons. The molecule has 41 heavy (non-hydrogen) atoms. The molecule has 0 radical (unpaired) electrons. The van der Waals surface area contributed by atoms with Gasteiger partial charge >= 0.3 is 0 Å². The average Bonchev–Trinajstić information content (AvgIpc) is 3.68. The summed E-state index contributed by atoms with van der Waals surface area (Å²) < 4.78 is 9.66. The lowest BCUT2D eigenvalue weighted by Gasteiger charge is -2.38. The molecule has 0 saturated carbocycles. The number of nitrogens with one attached hydrogen (secondary N) is 1. The zero-order chi connectivity index (χ0) is 27.9. The second-order valence-corrected chi connectivity index (χ2v) is 10.8. The lowest BCUT2D eigenvalue weighted by molar-refractivity contribution is -0.130. The van der Waals surface area contributed by atoms with E-state index >= 15 is 0 Å². The largest absolute Gasteiger partial charge is 0.457 e. The van der Waals surface area contributed by atoms with Gasteiger partial charge in [-0.2, -0.15) is 10.2 Å². The summed E-state index contributed by atoms with van der Waals surface area (Å²) in [6, 6.07) is 12.1. The van der Waals surface area contributed by atoms with Crippen molar-refractivity contribution >= 4 is 28.6 Å². The van der Waals surface area contributed by atoms with Crippen molar-refractivity contribution in [1.82, 2.24) is 39.0 Å². The molecule has 5 aromatic rings. The molecule has 0 bridgehead atoms. The van der Waals surface area contributed by atoms with E-state index < -0.39 is 0 Å². The lowest BCUT2D eigenvalue weighted by atomic mass is 9.92. The van der Waals surface area contributed by atoms with Crippen molar-refractivity contribution in [3.05, 3.63) is 84.7 Å². The number of amides is 1. The highest BCUT2D eigenvalue weighted by Gasteiger charge is 2.33. The van der Waals surface area contributed by atoms with Crippen molar-refractivity contribution in [1.29, 1.82) is 0 Å². The minimum Gasteiger partial charge on any atom is -0.457 e. The van der Waals surface area contributed by atoms with Gasteiger partial charge in [-0.3, -0.25) is 9.69 Å². The Kier molecular flexibility index (Phi) is 6.35. The van der Waals surface area contributed by atoms with Crippen molar-refractivity contribution < 1.29 is 9.53 Å². The van der Waals surface area contributed by atoms with Crippen LogP contribution in [0.2, 0.25) is 0 Å². The minimum absolute atomic E-state index is 0.0822. The third-order valence-corrected chi connectivity index (χ3v) is 8.07. The Bertz CT molecular complexity index is 1770. The predicted molar refractivity (Wildman–Crippen MR) is 155 cm³/mol. The van der Waals surface area contributed by atoms with Gasteiger partial charge in [0.25, 0.3) is 0 Å². The minimum atomic E-state index is 0.0822. The zero-order valence-corrected chi connectivity index (χ0v) is 23.0. The summed E-state index contributed by atoms with van der Waals surface area (Å²) in [5.41, 5.74) is 4.65. The lowest BCUT2D eigenvalue weighted by Crippen LogP contribution is -2.47. The first-order valence-electron chi connectivity index (χ1n) is 13.9. The number of benzene rings is 1. The van der Waals surface area contributed by atoms with E-state index in [0.29, 0.717) is 24.9 Å². The smallest absolute Gasteiger partial charge is 0.246 e. The van der Waals surface area contributed by atoms with E-state index in [-0.39, 0.29) is 11.8 Å². The van der Waals surface area contributed by atoms with Crippen LogP contribution in [-0.2, 0) is 4.79 Å². The number of aromatic nitrogens is 6. The Morgan fingerprint density at radius 1 is 1.05 bits per heavy atom. The summed E-state index contributed by atoms with van der Waals surface area (Å²) in [5, 5.41) is 12.0. The first-order valence-corrected chi connectivity index (χ1v) is 13.9. The highest BCUT2D eigenvalue weighted by atomic mass is 16.5. The number of likely N-dealkylation sites (N-methyl/N-ethyl adjacent to an activating group) is 1. The van der Waals surface area contributed by atoms with E-state index in [9.17, 15) is 4.79 Å². The second kappa shape index (κ2) is 10.3. The molecule has 7 rings (SSSR count). The average molecular weight is 550 g/mol. The van der Waals surface area contributed by atoms with Crippen molar-refractivity contribution in [3.63, 3.8) is 0 Å². The standard InChI is InChI=1S/C30H31N9O2/c1-20-14-22(5-7-26(20)41-24-9-12-38-27(15-24)31-18-33-38)35-30-29-25(10-13-39(29)34-19-32-30)21-16-37(17-21)28(40)8-6-23-4-3-11-36(23)2/h5-10,12-15,18-19,21,23H,3-4,11,16-17H2,1-2H3,(H,32,34,35)/b8-6+/t23-/m0/s1. The number of fused-ring (bicyclic) bond motifs is 2. The van der Waals surface area contributed by atoms with Gasteiger partial charge in [-0.15, -0.1) is 0 Å². The molecule has 2 aliphatic heterocycles. The summed E-state index contributed by atoms with van der Waals surface area (Å²) in [6.07, 6.45) is 12.9. The first kappa shape index (κ1) is 25.2. The molecule has 0 unspecified atom stereocenters. The molecule has 0 spiro atoms. The number of likely N-dealkylation sites (tertiary alicyclic amines) is 2. The fourth-order valence-corrected chi connectivity index (χ4v) is 5.70. The van der Waals surface area contributed by atoms with Crippen LogP contribution >= 0.6 is 0 Å². The summed E-state index contributed by atoms with van der Waals surface area (Å²) in [4.78, 5) is 25.7. The third kappa shape index (κ3) is 4.89. The molecule has 4 aromatic heterocycles. The highest BCUT2D eigenvalue weighted by molar-refractivity contribution is 5.89. The van der Waals surface area contributed by atoms with Crippen LogP contribution in [0.15, 0.2) is 73.6 Å². The normalized spacial score (nSPS) is 18.0. The molecule has 0 aliphatic carbocycles. The van der Waals surface area contributed by atoms with Gasteiger partial charge in [0.1, 0.15) is 29.7 Å². The molecule has 1 N–H and O–H groups in total. The Labute approximate surface area is 237 Å². The van der Waals surface area contributed by atoms with Gasteiger partial charge in [0.05, 0.1) is 0 Å². The number of pyridine rings is 1. The number of hydrogen-bond acceptors (Lipinski definition) is 8. The fraction of sp³-hybridized carbons (Fsp3) is 0.300. The highest BCUT2D eigenvalue weighted by Crippen LogP contribution is 2.35. The van der Waals surface area contributed by atoms with E-state index in [1.807, 2.05) is 59.1 Å². The first-order chi connectivity index (χ1) is 20.0. The van der Waals surface area contributed by atoms with Crippen LogP contribution in [0.1, 0.15) is 29.9 Å². The zero-order valence-electron chi connectivity index (χ0n) is 23.0. The summed E-state index contributed by atoms with van der Waals surface area (Å²) in [6.45, 7) is 4.47. The third-order valence-electron chi connectivity index (χ3n) is 8.07. The van der Waals surface area contributed by atoms with Crippen molar-refractivity contribution in [3.8, 4) is 11.5 Å². The van der Waals surface area contributed by atoms with Crippen LogP contribution < -0.4 is 10.1 Å². The Morgan fingerprint density at radius 2 is 1.88 bits per heavy atom. The number of ether oxygens (including phenoxy) is 1. The Balaban J connectivity index is 1.05. The van der Waals surface area contributed by atoms with Gasteiger partial charge in [-0.25, -0.2) is 19.0 Å². The second-order valence-electron chi connectivity index (χ2n) is 10.8.